The number of hydrogen-bond donors (Lipinski definition) is 0. The van der Waals surface area contributed by atoms with E-state index in [4.69, 9.17) is 0 Å². The van der Waals surface area contributed by atoms with E-state index in [2.05, 4.69) is 6.07 Å². The molecule has 9 rings (SSSR count). The first-order valence-electron chi connectivity index (χ1n) is 25.0. The molecule has 0 N–H and O–H groups in total. The van der Waals surface area contributed by atoms with Crippen LogP contribution in [0.15, 0.2) is 114 Å². The zero-order valence-corrected chi connectivity index (χ0v) is 48.7. The molecule has 76 heavy (non-hydrogen) atoms. The van der Waals surface area contributed by atoms with Crippen LogP contribution in [0.4, 0.5) is 52.7 Å². The minimum atomic E-state index is -6.76. The van der Waals surface area contributed by atoms with Crippen LogP contribution < -0.4 is 13.6 Å². The van der Waals surface area contributed by atoms with Gasteiger partial charge in [-0.25, -0.2) is 0 Å². The second-order valence-corrected chi connectivity index (χ2v) is 45.8. The molecule has 0 amide bonds. The number of halogens is 14. The average molecular weight is 1190 g/mol. The Kier molecular flexibility index (Phi) is 13.6. The van der Waals surface area contributed by atoms with Gasteiger partial charge in [-0.1, -0.05) is 0 Å². The molecule has 3 aliphatic rings. The van der Waals surface area contributed by atoms with Crippen molar-refractivity contribution in [2.24, 2.45) is 10.8 Å². The van der Waals surface area contributed by atoms with Gasteiger partial charge in [0.15, 0.2) is 0 Å². The van der Waals surface area contributed by atoms with Crippen molar-refractivity contribution in [2.75, 3.05) is 0 Å². The van der Waals surface area contributed by atoms with Crippen molar-refractivity contribution in [3.8, 4) is 33.4 Å². The van der Waals surface area contributed by atoms with Crippen LogP contribution in [0, 0.1) is 10.8 Å². The third kappa shape index (κ3) is 9.42. The number of alkyl halides is 12. The Morgan fingerprint density at radius 2 is 0.829 bits per heavy atom. The molecule has 401 valence electrons. The fraction of sp³-hybridized carbons (Fsp3) is 0.333. The SMILES string of the molecule is CC(C)c1ccc2c(c1-c1cc(C(F)(F)F)cc(C(F)(F)F)c1)C=C(C(C)(C)C)[CH]2[Zr]([Cl])([Cl])([c]1cccc2c1[SiH2]c1ccccc1-2)[CH]1C(C(C)(C)C)=Cc2c1ccc(C(C)C)c2-c1cc(C(F)(F)F)cc(C(F)(F)F)c1. The van der Waals surface area contributed by atoms with E-state index < -0.39 is 103 Å². The van der Waals surface area contributed by atoms with E-state index in [1.807, 2.05) is 102 Å². The number of benzene rings is 6. The van der Waals surface area contributed by atoms with E-state index in [0.29, 0.717) is 47.8 Å². The van der Waals surface area contributed by atoms with Crippen molar-refractivity contribution >= 4 is 52.3 Å². The first kappa shape index (κ1) is 56.4. The molecule has 0 fully saturated rings. The predicted octanol–water partition coefficient (Wildman–Crippen LogP) is 18.4. The monoisotopic (exact) mass is 1190 g/mol. The molecule has 0 saturated heterocycles. The summed E-state index contributed by atoms with van der Waals surface area (Å²) in [5.41, 5.74) is -1.97. The molecule has 2 aliphatic carbocycles. The van der Waals surface area contributed by atoms with E-state index in [0.717, 1.165) is 45.8 Å². The number of fused-ring (bicyclic) bond motifs is 5. The maximum atomic E-state index is 14.7. The van der Waals surface area contributed by atoms with E-state index in [-0.39, 0.29) is 34.4 Å². The molecule has 1 aliphatic heterocycles. The topological polar surface area (TPSA) is 0 Å². The summed E-state index contributed by atoms with van der Waals surface area (Å²) >= 11 is -6.76. The van der Waals surface area contributed by atoms with Crippen LogP contribution in [0.1, 0.15) is 144 Å². The van der Waals surface area contributed by atoms with Gasteiger partial charge in [0, 0.05) is 0 Å². The quantitative estimate of drug-likeness (QED) is 0.110. The van der Waals surface area contributed by atoms with Crippen molar-refractivity contribution in [1.29, 1.82) is 0 Å². The Morgan fingerprint density at radius 1 is 0.461 bits per heavy atom. The fourth-order valence-electron chi connectivity index (χ4n) is 12.3. The van der Waals surface area contributed by atoms with Crippen molar-refractivity contribution in [3.63, 3.8) is 0 Å². The van der Waals surface area contributed by atoms with Gasteiger partial charge < -0.3 is 0 Å². The molecule has 0 radical (unpaired) electrons. The normalized spacial score (nSPS) is 17.9. The number of allylic oxidation sites excluding steroid dienone is 2. The maximum absolute atomic E-state index is 14.7. The molecule has 0 saturated carbocycles. The van der Waals surface area contributed by atoms with Gasteiger partial charge in [-0.3, -0.25) is 0 Å². The molecule has 0 bridgehead atoms. The Bertz CT molecular complexity index is 3190. The summed E-state index contributed by atoms with van der Waals surface area (Å²) < 4.78 is 176. The number of rotatable bonds is 7. The Hall–Kier alpha value is -4.36. The van der Waals surface area contributed by atoms with Gasteiger partial charge in [-0.15, -0.1) is 0 Å². The summed E-state index contributed by atoms with van der Waals surface area (Å²) in [5.74, 6) is -0.824. The molecule has 0 aromatic heterocycles. The Labute approximate surface area is 445 Å². The summed E-state index contributed by atoms with van der Waals surface area (Å²) in [6.07, 6.45) is -16.9. The first-order valence-corrected chi connectivity index (χ1v) is 36.8. The van der Waals surface area contributed by atoms with Crippen LogP contribution >= 0.6 is 17.0 Å². The van der Waals surface area contributed by atoms with E-state index in [1.54, 1.807) is 39.8 Å². The van der Waals surface area contributed by atoms with Crippen LogP contribution in [0.3, 0.4) is 0 Å². The summed E-state index contributed by atoms with van der Waals surface area (Å²) in [6, 6.07) is 24.1. The van der Waals surface area contributed by atoms with Crippen LogP contribution in [-0.2, 0) is 41.1 Å². The van der Waals surface area contributed by atoms with Crippen LogP contribution in [0.2, 0.25) is 0 Å². The Balaban J connectivity index is 1.46. The van der Waals surface area contributed by atoms with Gasteiger partial charge in [0.1, 0.15) is 0 Å². The number of hydrogen-bond acceptors (Lipinski definition) is 0. The van der Waals surface area contributed by atoms with Crippen LogP contribution in [0.25, 0.3) is 45.5 Å². The Morgan fingerprint density at radius 3 is 1.18 bits per heavy atom. The van der Waals surface area contributed by atoms with Gasteiger partial charge in [0.2, 0.25) is 0 Å². The summed E-state index contributed by atoms with van der Waals surface area (Å²) in [5, 5.41) is 2.08. The van der Waals surface area contributed by atoms with Crippen molar-refractivity contribution in [1.82, 2.24) is 0 Å². The summed E-state index contributed by atoms with van der Waals surface area (Å²) in [7, 11) is 17.2. The van der Waals surface area contributed by atoms with Crippen molar-refractivity contribution in [2.45, 2.75) is 113 Å². The van der Waals surface area contributed by atoms with Crippen LogP contribution in [0.5, 0.6) is 0 Å². The standard InChI is InChI=1S/2C24H23F6.C12H9Si.2ClH.Zr/c2*1-13(2)19-7-6-14-8-16(22(3,4)5)12-20(14)21(19)15-9-17(23(25,26)27)11-18(10-15)24(28,29)30;1-3-7-11-9(5-1)10-6-2-4-8-12(10)13-11;;;/h2*6-13H,1-5H3;1-7H,13H2;2*1H;/q;;;;;+2/p-2. The molecule has 6 aromatic carbocycles. The van der Waals surface area contributed by atoms with E-state index in [9.17, 15) is 69.7 Å². The average Bonchev–Trinajstić information content (AvgIpc) is 4.03. The van der Waals surface area contributed by atoms with Crippen molar-refractivity contribution < 1.29 is 69.1 Å². The summed E-state index contributed by atoms with van der Waals surface area (Å²) in [6.45, 7) is 18.9. The molecule has 0 spiro atoms. The van der Waals surface area contributed by atoms with Crippen LogP contribution in [-0.4, -0.2) is 9.52 Å². The van der Waals surface area contributed by atoms with Gasteiger partial charge in [-0.05, 0) is 0 Å². The van der Waals surface area contributed by atoms with E-state index in [1.165, 1.54) is 0 Å². The van der Waals surface area contributed by atoms with Crippen molar-refractivity contribution in [3.05, 3.63) is 170 Å². The molecular formula is C60H55Cl2F12SiZr. The van der Waals surface area contributed by atoms with E-state index >= 15 is 0 Å². The third-order valence-corrected chi connectivity index (χ3v) is 38.1. The zero-order chi connectivity index (χ0) is 56.0. The summed E-state index contributed by atoms with van der Waals surface area (Å²) in [4.78, 5) is 0. The second kappa shape index (κ2) is 18.3. The van der Waals surface area contributed by atoms with Gasteiger partial charge in [-0.2, -0.15) is 0 Å². The minimum absolute atomic E-state index is 0.104. The van der Waals surface area contributed by atoms with Gasteiger partial charge >= 0.3 is 449 Å². The molecule has 2 unspecified atom stereocenters. The first-order chi connectivity index (χ1) is 34.8. The zero-order valence-electron chi connectivity index (χ0n) is 43.3. The van der Waals surface area contributed by atoms with Gasteiger partial charge in [0.05, 0.1) is 0 Å². The molecule has 0 nitrogen and oxygen atoms in total. The molecule has 6 aromatic rings. The molecular weight excluding hydrogens is 1140 g/mol. The predicted molar refractivity (Wildman–Crippen MR) is 283 cm³/mol. The van der Waals surface area contributed by atoms with Gasteiger partial charge in [0.25, 0.3) is 0 Å². The molecule has 1 heterocycles. The molecule has 16 heteroatoms. The second-order valence-electron chi connectivity index (χ2n) is 23.3. The molecule has 2 atom stereocenters. The fourth-order valence-corrected chi connectivity index (χ4v) is 40.6. The third-order valence-electron chi connectivity index (χ3n) is 15.6.